The first-order valence-electron chi connectivity index (χ1n) is 8.54. The third kappa shape index (κ3) is 3.03. The first-order valence-corrected chi connectivity index (χ1v) is 8.54. The van der Waals surface area contributed by atoms with Crippen molar-refractivity contribution in [2.45, 2.75) is 12.6 Å². The molecule has 0 bridgehead atoms. The number of rotatable bonds is 2. The number of hydrogen-bond donors (Lipinski definition) is 2. The predicted molar refractivity (Wildman–Crippen MR) is 98.8 cm³/mol. The third-order valence-corrected chi connectivity index (χ3v) is 4.73. The highest BCUT2D eigenvalue weighted by Gasteiger charge is 2.39. The summed E-state index contributed by atoms with van der Waals surface area (Å²) in [6.45, 7) is 1.58. The van der Waals surface area contributed by atoms with Gasteiger partial charge in [-0.05, 0) is 23.8 Å². The number of hydrogen-bond acceptors (Lipinski definition) is 5. The number of piperazine rings is 1. The van der Waals surface area contributed by atoms with Crippen molar-refractivity contribution in [3.8, 4) is 0 Å². The molecular formula is C19H20N4O3. The molecule has 2 aliphatic rings. The molecule has 0 aliphatic carbocycles. The van der Waals surface area contributed by atoms with E-state index in [2.05, 4.69) is 5.32 Å². The van der Waals surface area contributed by atoms with Crippen molar-refractivity contribution in [2.24, 2.45) is 0 Å². The average molecular weight is 352 g/mol. The lowest BCUT2D eigenvalue weighted by Gasteiger charge is -2.44. The molecule has 134 valence electrons. The number of fused-ring (bicyclic) bond motifs is 3. The molecule has 0 spiro atoms. The maximum Gasteiger partial charge on any atom is 0.410 e. The monoisotopic (exact) mass is 352 g/mol. The summed E-state index contributed by atoms with van der Waals surface area (Å²) in [5, 5.41) is 2.88. The lowest BCUT2D eigenvalue weighted by atomic mass is 10.0. The molecule has 7 heteroatoms. The molecular weight excluding hydrogens is 332 g/mol. The number of nitrogens with zero attached hydrogens (tertiary/aromatic N) is 2. The fraction of sp³-hybridized carbons (Fsp3) is 0.263. The van der Waals surface area contributed by atoms with Gasteiger partial charge in [0.25, 0.3) is 0 Å². The highest BCUT2D eigenvalue weighted by molar-refractivity contribution is 6.04. The van der Waals surface area contributed by atoms with E-state index in [1.165, 1.54) is 0 Å². The van der Waals surface area contributed by atoms with E-state index in [1.54, 1.807) is 11.0 Å². The zero-order valence-electron chi connectivity index (χ0n) is 14.2. The Morgan fingerprint density at radius 3 is 2.81 bits per heavy atom. The van der Waals surface area contributed by atoms with Crippen LogP contribution in [0.15, 0.2) is 48.5 Å². The van der Waals surface area contributed by atoms with E-state index >= 15 is 0 Å². The van der Waals surface area contributed by atoms with Crippen LogP contribution in [0.5, 0.6) is 0 Å². The van der Waals surface area contributed by atoms with Crippen LogP contribution in [0, 0.1) is 0 Å². The van der Waals surface area contributed by atoms with Crippen molar-refractivity contribution in [2.75, 3.05) is 35.6 Å². The minimum Gasteiger partial charge on any atom is -0.445 e. The quantitative estimate of drug-likeness (QED) is 0.808. The third-order valence-electron chi connectivity index (χ3n) is 4.73. The summed E-state index contributed by atoms with van der Waals surface area (Å²) >= 11 is 0. The first kappa shape index (κ1) is 16.3. The van der Waals surface area contributed by atoms with Gasteiger partial charge in [-0.2, -0.15) is 0 Å². The van der Waals surface area contributed by atoms with Gasteiger partial charge in [0, 0.05) is 18.8 Å². The molecule has 2 aromatic rings. The lowest BCUT2D eigenvalue weighted by Crippen LogP contribution is -2.61. The van der Waals surface area contributed by atoms with Crippen LogP contribution in [-0.2, 0) is 16.1 Å². The van der Waals surface area contributed by atoms with E-state index < -0.39 is 12.1 Å². The standard InChI is InChI=1S/C19H20N4O3/c20-14-6-7-16-15(10-14)21-18(24)17-11-22(8-9-23(16)17)19(25)26-12-13-4-2-1-3-5-13/h1-7,10,17H,8-9,11-12,20H2,(H,21,24). The van der Waals surface area contributed by atoms with Crippen LogP contribution >= 0.6 is 0 Å². The molecule has 1 unspecified atom stereocenters. The first-order chi connectivity index (χ1) is 12.6. The molecule has 26 heavy (non-hydrogen) atoms. The highest BCUT2D eigenvalue weighted by atomic mass is 16.6. The highest BCUT2D eigenvalue weighted by Crippen LogP contribution is 2.35. The molecule has 1 atom stereocenters. The van der Waals surface area contributed by atoms with Gasteiger partial charge < -0.3 is 25.6 Å². The Morgan fingerprint density at radius 1 is 1.19 bits per heavy atom. The number of benzene rings is 2. The van der Waals surface area contributed by atoms with Crippen molar-refractivity contribution in [3.05, 3.63) is 54.1 Å². The summed E-state index contributed by atoms with van der Waals surface area (Å²) < 4.78 is 5.39. The summed E-state index contributed by atoms with van der Waals surface area (Å²) in [6, 6.07) is 14.6. The van der Waals surface area contributed by atoms with Crippen molar-refractivity contribution in [1.29, 1.82) is 0 Å². The van der Waals surface area contributed by atoms with Crippen LogP contribution in [0.3, 0.4) is 0 Å². The van der Waals surface area contributed by atoms with Crippen molar-refractivity contribution < 1.29 is 14.3 Å². The molecule has 3 N–H and O–H groups in total. The van der Waals surface area contributed by atoms with Crippen LogP contribution in [0.4, 0.5) is 21.9 Å². The molecule has 7 nitrogen and oxygen atoms in total. The van der Waals surface area contributed by atoms with E-state index in [-0.39, 0.29) is 12.5 Å². The maximum absolute atomic E-state index is 12.5. The van der Waals surface area contributed by atoms with Gasteiger partial charge in [0.2, 0.25) is 5.91 Å². The topological polar surface area (TPSA) is 87.9 Å². The second-order valence-corrected chi connectivity index (χ2v) is 6.46. The smallest absolute Gasteiger partial charge is 0.410 e. The second-order valence-electron chi connectivity index (χ2n) is 6.46. The molecule has 2 heterocycles. The number of nitrogens with one attached hydrogen (secondary N) is 1. The predicted octanol–water partition coefficient (Wildman–Crippen LogP) is 2.05. The van der Waals surface area contributed by atoms with E-state index in [0.717, 1.165) is 11.3 Å². The molecule has 0 saturated carbocycles. The van der Waals surface area contributed by atoms with Gasteiger partial charge in [-0.25, -0.2) is 4.79 Å². The van der Waals surface area contributed by atoms with Gasteiger partial charge in [-0.3, -0.25) is 4.79 Å². The van der Waals surface area contributed by atoms with E-state index in [9.17, 15) is 9.59 Å². The summed E-state index contributed by atoms with van der Waals surface area (Å²) in [7, 11) is 0. The van der Waals surface area contributed by atoms with Crippen LogP contribution in [-0.4, -0.2) is 42.6 Å². The van der Waals surface area contributed by atoms with E-state index in [1.807, 2.05) is 47.4 Å². The number of carbonyl (C=O) groups excluding carboxylic acids is 2. The lowest BCUT2D eigenvalue weighted by molar-refractivity contribution is -0.118. The normalized spacial score (nSPS) is 18.6. The largest absolute Gasteiger partial charge is 0.445 e. The summed E-state index contributed by atoms with van der Waals surface area (Å²) in [5.74, 6) is -0.136. The summed E-state index contributed by atoms with van der Waals surface area (Å²) in [6.07, 6.45) is -0.399. The van der Waals surface area contributed by atoms with Crippen LogP contribution in [0.2, 0.25) is 0 Å². The molecule has 1 fully saturated rings. The fourth-order valence-electron chi connectivity index (χ4n) is 3.39. The van der Waals surface area contributed by atoms with Gasteiger partial charge in [-0.15, -0.1) is 0 Å². The molecule has 2 aliphatic heterocycles. The fourth-order valence-corrected chi connectivity index (χ4v) is 3.39. The van der Waals surface area contributed by atoms with E-state index in [0.29, 0.717) is 31.0 Å². The maximum atomic E-state index is 12.5. The minimum absolute atomic E-state index is 0.136. The molecule has 0 aromatic heterocycles. The number of ether oxygens (including phenoxy) is 1. The number of amides is 2. The average Bonchev–Trinajstić information content (AvgIpc) is 2.66. The molecule has 4 rings (SSSR count). The number of anilines is 3. The molecule has 2 aromatic carbocycles. The Labute approximate surface area is 151 Å². The Morgan fingerprint density at radius 2 is 2.00 bits per heavy atom. The molecule has 0 radical (unpaired) electrons. The SMILES string of the molecule is Nc1ccc2c(c1)NC(=O)C1CN(C(=O)OCc3ccccc3)CCN21. The van der Waals surface area contributed by atoms with E-state index in [4.69, 9.17) is 10.5 Å². The summed E-state index contributed by atoms with van der Waals surface area (Å²) in [4.78, 5) is 28.5. The van der Waals surface area contributed by atoms with Crippen molar-refractivity contribution in [3.63, 3.8) is 0 Å². The number of nitrogens with two attached hydrogens (primary N) is 1. The van der Waals surface area contributed by atoms with Crippen LogP contribution < -0.4 is 16.0 Å². The summed E-state index contributed by atoms with van der Waals surface area (Å²) in [5.41, 5.74) is 8.98. The second kappa shape index (κ2) is 6.59. The van der Waals surface area contributed by atoms with Gasteiger partial charge >= 0.3 is 6.09 Å². The zero-order valence-corrected chi connectivity index (χ0v) is 14.2. The number of nitrogen functional groups attached to an aromatic ring is 1. The number of carbonyl (C=O) groups is 2. The Balaban J connectivity index is 1.43. The Kier molecular flexibility index (Phi) is 4.12. The Bertz CT molecular complexity index is 840. The van der Waals surface area contributed by atoms with Crippen molar-refractivity contribution >= 4 is 29.1 Å². The molecule has 2 amide bonds. The van der Waals surface area contributed by atoms with Gasteiger partial charge in [0.15, 0.2) is 0 Å². The zero-order chi connectivity index (χ0) is 18.1. The Hall–Kier alpha value is -3.22. The van der Waals surface area contributed by atoms with Gasteiger partial charge in [0.05, 0.1) is 17.9 Å². The van der Waals surface area contributed by atoms with Crippen LogP contribution in [0.25, 0.3) is 0 Å². The van der Waals surface area contributed by atoms with Gasteiger partial charge in [0.1, 0.15) is 12.6 Å². The van der Waals surface area contributed by atoms with Crippen molar-refractivity contribution in [1.82, 2.24) is 4.90 Å². The van der Waals surface area contributed by atoms with Crippen LogP contribution in [0.1, 0.15) is 5.56 Å². The molecule has 1 saturated heterocycles. The minimum atomic E-state index is -0.427. The van der Waals surface area contributed by atoms with Gasteiger partial charge in [-0.1, -0.05) is 30.3 Å².